The molecule has 0 radical (unpaired) electrons. The van der Waals surface area contributed by atoms with Crippen molar-refractivity contribution in [2.45, 2.75) is 26.3 Å². The molecule has 0 bridgehead atoms. The zero-order valence-corrected chi connectivity index (χ0v) is 12.9. The molecule has 0 unspecified atom stereocenters. The lowest BCUT2D eigenvalue weighted by molar-refractivity contribution is 0.341. The van der Waals surface area contributed by atoms with E-state index in [0.29, 0.717) is 17.9 Å². The minimum Gasteiger partial charge on any atom is -0.493 e. The molecular weight excluding hydrogens is 266 g/mol. The molecule has 0 aliphatic rings. The molecule has 5 heteroatoms. The standard InChI is InChI=1S/C16H21N3O2/c1-5-21-14-9-7-6-8-11(14)13-10-12(16(2,3)17)15(20)19(4)18-13/h6-10H,5,17H2,1-4H3. The van der Waals surface area contributed by atoms with E-state index >= 15 is 0 Å². The highest BCUT2D eigenvalue weighted by Crippen LogP contribution is 2.29. The number of aromatic nitrogens is 2. The largest absolute Gasteiger partial charge is 0.493 e. The molecule has 0 atom stereocenters. The van der Waals surface area contributed by atoms with E-state index in [1.807, 2.05) is 45.0 Å². The van der Waals surface area contributed by atoms with Gasteiger partial charge in [0.1, 0.15) is 5.75 Å². The van der Waals surface area contributed by atoms with Gasteiger partial charge >= 0.3 is 0 Å². The Morgan fingerprint density at radius 2 is 2.00 bits per heavy atom. The minimum absolute atomic E-state index is 0.180. The van der Waals surface area contributed by atoms with Crippen molar-refractivity contribution < 1.29 is 4.74 Å². The molecule has 0 spiro atoms. The number of para-hydroxylation sites is 1. The number of hydrogen-bond acceptors (Lipinski definition) is 4. The number of ether oxygens (including phenoxy) is 1. The zero-order valence-electron chi connectivity index (χ0n) is 12.9. The number of hydrogen-bond donors (Lipinski definition) is 1. The summed E-state index contributed by atoms with van der Waals surface area (Å²) in [5, 5.41) is 4.33. The molecule has 0 fully saturated rings. The summed E-state index contributed by atoms with van der Waals surface area (Å²) >= 11 is 0. The molecule has 1 aromatic heterocycles. The van der Waals surface area contributed by atoms with Crippen LogP contribution < -0.4 is 16.0 Å². The molecular formula is C16H21N3O2. The first-order valence-electron chi connectivity index (χ1n) is 6.94. The van der Waals surface area contributed by atoms with Crippen LogP contribution >= 0.6 is 0 Å². The summed E-state index contributed by atoms with van der Waals surface area (Å²) in [6.07, 6.45) is 0. The van der Waals surface area contributed by atoms with Gasteiger partial charge in [0, 0.05) is 23.7 Å². The molecule has 2 N–H and O–H groups in total. The number of nitrogens with two attached hydrogens (primary N) is 1. The van der Waals surface area contributed by atoms with Gasteiger partial charge in [0.05, 0.1) is 12.3 Å². The predicted octanol–water partition coefficient (Wildman–Crippen LogP) is 2.04. The summed E-state index contributed by atoms with van der Waals surface area (Å²) in [6, 6.07) is 9.38. The Labute approximate surface area is 124 Å². The van der Waals surface area contributed by atoms with Crippen molar-refractivity contribution in [3.05, 3.63) is 46.2 Å². The smallest absolute Gasteiger partial charge is 0.271 e. The van der Waals surface area contributed by atoms with Crippen molar-refractivity contribution in [2.24, 2.45) is 12.8 Å². The second-order valence-electron chi connectivity index (χ2n) is 5.52. The van der Waals surface area contributed by atoms with E-state index in [4.69, 9.17) is 10.5 Å². The number of nitrogens with zero attached hydrogens (tertiary/aromatic N) is 2. The van der Waals surface area contributed by atoms with Gasteiger partial charge in [-0.3, -0.25) is 4.79 Å². The fourth-order valence-corrected chi connectivity index (χ4v) is 2.16. The Hall–Kier alpha value is -2.14. The molecule has 5 nitrogen and oxygen atoms in total. The van der Waals surface area contributed by atoms with Crippen molar-refractivity contribution >= 4 is 0 Å². The molecule has 2 aromatic rings. The maximum atomic E-state index is 12.2. The van der Waals surface area contributed by atoms with Crippen LogP contribution in [0.25, 0.3) is 11.3 Å². The Balaban J connectivity index is 2.66. The summed E-state index contributed by atoms with van der Waals surface area (Å²) in [5.41, 5.74) is 7.24. The minimum atomic E-state index is -0.729. The van der Waals surface area contributed by atoms with Gasteiger partial charge in [0.15, 0.2) is 0 Å². The molecule has 1 aromatic carbocycles. The predicted molar refractivity (Wildman–Crippen MR) is 83.3 cm³/mol. The zero-order chi connectivity index (χ0) is 15.6. The summed E-state index contributed by atoms with van der Waals surface area (Å²) < 4.78 is 6.95. The third kappa shape index (κ3) is 3.13. The number of benzene rings is 1. The summed E-state index contributed by atoms with van der Waals surface area (Å²) in [7, 11) is 1.63. The average molecular weight is 287 g/mol. The molecule has 112 valence electrons. The van der Waals surface area contributed by atoms with Gasteiger partial charge in [0.25, 0.3) is 5.56 Å². The highest BCUT2D eigenvalue weighted by molar-refractivity contribution is 5.67. The monoisotopic (exact) mass is 287 g/mol. The second-order valence-corrected chi connectivity index (χ2v) is 5.52. The van der Waals surface area contributed by atoms with Gasteiger partial charge in [-0.1, -0.05) is 12.1 Å². The summed E-state index contributed by atoms with van der Waals surface area (Å²) in [5.74, 6) is 0.743. The van der Waals surface area contributed by atoms with Crippen LogP contribution in [0.15, 0.2) is 35.1 Å². The molecule has 0 aliphatic heterocycles. The first kappa shape index (κ1) is 15.3. The van der Waals surface area contributed by atoms with Crippen molar-refractivity contribution in [1.29, 1.82) is 0 Å². The van der Waals surface area contributed by atoms with Crippen LogP contribution in [0.1, 0.15) is 26.3 Å². The SMILES string of the molecule is CCOc1ccccc1-c1cc(C(C)(C)N)c(=O)n(C)n1. The summed E-state index contributed by atoms with van der Waals surface area (Å²) in [4.78, 5) is 12.2. The van der Waals surface area contributed by atoms with E-state index in [1.165, 1.54) is 4.68 Å². The normalized spacial score (nSPS) is 11.5. The van der Waals surface area contributed by atoms with Gasteiger partial charge in [-0.05, 0) is 39.0 Å². The van der Waals surface area contributed by atoms with E-state index in [0.717, 1.165) is 11.3 Å². The Morgan fingerprint density at radius 1 is 1.33 bits per heavy atom. The van der Waals surface area contributed by atoms with Gasteiger partial charge in [-0.25, -0.2) is 4.68 Å². The van der Waals surface area contributed by atoms with Gasteiger partial charge in [0.2, 0.25) is 0 Å². The molecule has 1 heterocycles. The average Bonchev–Trinajstić information content (AvgIpc) is 2.41. The van der Waals surface area contributed by atoms with Gasteiger partial charge in [-0.2, -0.15) is 5.10 Å². The lowest BCUT2D eigenvalue weighted by atomic mass is 9.95. The quantitative estimate of drug-likeness (QED) is 0.934. The molecule has 0 aliphatic carbocycles. The maximum Gasteiger partial charge on any atom is 0.271 e. The van der Waals surface area contributed by atoms with Crippen LogP contribution in [0, 0.1) is 0 Å². The Kier molecular flexibility index (Phi) is 4.14. The third-order valence-electron chi connectivity index (χ3n) is 3.22. The fourth-order valence-electron chi connectivity index (χ4n) is 2.16. The van der Waals surface area contributed by atoms with E-state index < -0.39 is 5.54 Å². The topological polar surface area (TPSA) is 70.1 Å². The lowest BCUT2D eigenvalue weighted by Gasteiger charge is -2.20. The second kappa shape index (κ2) is 5.69. The van der Waals surface area contributed by atoms with Crippen LogP contribution in [0.5, 0.6) is 5.75 Å². The maximum absolute atomic E-state index is 12.2. The molecule has 0 saturated heterocycles. The number of aryl methyl sites for hydroxylation is 1. The van der Waals surface area contributed by atoms with Crippen molar-refractivity contribution in [1.82, 2.24) is 9.78 Å². The molecule has 21 heavy (non-hydrogen) atoms. The van der Waals surface area contributed by atoms with Crippen molar-refractivity contribution in [2.75, 3.05) is 6.61 Å². The third-order valence-corrected chi connectivity index (χ3v) is 3.22. The van der Waals surface area contributed by atoms with Crippen LogP contribution in [0.2, 0.25) is 0 Å². The number of rotatable bonds is 4. The first-order valence-corrected chi connectivity index (χ1v) is 6.94. The Bertz CT molecular complexity index is 699. The fraction of sp³-hybridized carbons (Fsp3) is 0.375. The van der Waals surface area contributed by atoms with Crippen LogP contribution in [0.4, 0.5) is 0 Å². The van der Waals surface area contributed by atoms with Crippen molar-refractivity contribution in [3.63, 3.8) is 0 Å². The molecule has 0 amide bonds. The van der Waals surface area contributed by atoms with Gasteiger partial charge < -0.3 is 10.5 Å². The highest BCUT2D eigenvalue weighted by Gasteiger charge is 2.21. The summed E-state index contributed by atoms with van der Waals surface area (Å²) in [6.45, 7) is 6.11. The van der Waals surface area contributed by atoms with E-state index in [2.05, 4.69) is 5.10 Å². The van der Waals surface area contributed by atoms with Crippen LogP contribution in [-0.4, -0.2) is 16.4 Å². The van der Waals surface area contributed by atoms with Gasteiger partial charge in [-0.15, -0.1) is 0 Å². The van der Waals surface area contributed by atoms with E-state index in [1.54, 1.807) is 13.1 Å². The molecule has 0 saturated carbocycles. The highest BCUT2D eigenvalue weighted by atomic mass is 16.5. The Morgan fingerprint density at radius 3 is 2.62 bits per heavy atom. The first-order chi connectivity index (χ1) is 9.84. The van der Waals surface area contributed by atoms with E-state index in [-0.39, 0.29) is 5.56 Å². The van der Waals surface area contributed by atoms with E-state index in [9.17, 15) is 4.79 Å². The molecule has 2 rings (SSSR count). The lowest BCUT2D eigenvalue weighted by Crippen LogP contribution is -2.38. The van der Waals surface area contributed by atoms with Crippen LogP contribution in [-0.2, 0) is 12.6 Å². The van der Waals surface area contributed by atoms with Crippen molar-refractivity contribution in [3.8, 4) is 17.0 Å². The van der Waals surface area contributed by atoms with Crippen LogP contribution in [0.3, 0.4) is 0 Å².